The highest BCUT2D eigenvalue weighted by Crippen LogP contribution is 2.28. The summed E-state index contributed by atoms with van der Waals surface area (Å²) in [5, 5.41) is 10.8. The Bertz CT molecular complexity index is 1070. The van der Waals surface area contributed by atoms with Crippen molar-refractivity contribution in [2.45, 2.75) is 10.8 Å². The van der Waals surface area contributed by atoms with Gasteiger partial charge in [0.05, 0.1) is 14.9 Å². The smallest absolute Gasteiger partial charge is 0.285 e. The van der Waals surface area contributed by atoms with E-state index >= 15 is 0 Å². The van der Waals surface area contributed by atoms with E-state index < -0.39 is 26.4 Å². The van der Waals surface area contributed by atoms with Crippen LogP contribution in [0.5, 0.6) is 0 Å². The van der Waals surface area contributed by atoms with Crippen LogP contribution >= 0.6 is 27.3 Å². The fraction of sp³-hybridized carbons (Fsp3) is 0.333. The first-order chi connectivity index (χ1) is 13.2. The lowest BCUT2D eigenvalue weighted by Crippen LogP contribution is -2.51. The summed E-state index contributed by atoms with van der Waals surface area (Å²) in [6.45, 7) is 0.272. The Morgan fingerprint density at radius 1 is 1.18 bits per heavy atom. The number of amides is 1. The minimum Gasteiger partial charge on any atom is -0.339 e. The van der Waals surface area contributed by atoms with Crippen LogP contribution in [0.1, 0.15) is 0 Å². The highest BCUT2D eigenvalue weighted by atomic mass is 79.9. The summed E-state index contributed by atoms with van der Waals surface area (Å²) in [5.74, 6) is -0.404. The number of halogens is 1. The summed E-state index contributed by atoms with van der Waals surface area (Å²) in [4.78, 5) is 35.9. The summed E-state index contributed by atoms with van der Waals surface area (Å²) in [7, 11) is -3.62. The number of carbonyl (C=O) groups excluding carboxylic acids is 1. The molecule has 1 aliphatic rings. The molecule has 3 rings (SSSR count). The number of piperazine rings is 1. The first-order valence-electron chi connectivity index (χ1n) is 8.06. The second-order valence-corrected chi connectivity index (χ2v) is 10.6. The predicted molar refractivity (Wildman–Crippen MR) is 105 cm³/mol. The fourth-order valence-electron chi connectivity index (χ4n) is 2.74. The van der Waals surface area contributed by atoms with Crippen LogP contribution in [0.3, 0.4) is 0 Å². The number of pyridine rings is 1. The molecule has 13 heteroatoms. The summed E-state index contributed by atoms with van der Waals surface area (Å²) < 4.78 is 28.5. The Morgan fingerprint density at radius 3 is 2.43 bits per heavy atom. The maximum absolute atomic E-state index is 12.6. The summed E-state index contributed by atoms with van der Waals surface area (Å²) in [5.41, 5.74) is -0.811. The Hall–Kier alpha value is -2.09. The molecule has 2 aromatic rings. The molecule has 3 heterocycles. The van der Waals surface area contributed by atoms with Gasteiger partial charge in [0, 0.05) is 38.3 Å². The SMILES string of the molecule is O=C(Cn1cc([N+](=O)[O-])ccc1=O)N1CCN(S(=O)(=O)c2ccc(Br)s2)CC1. The molecule has 1 amide bonds. The number of aromatic nitrogens is 1. The van der Waals surface area contributed by atoms with Crippen molar-refractivity contribution in [1.29, 1.82) is 0 Å². The second kappa shape index (κ2) is 8.11. The molecule has 0 radical (unpaired) electrons. The third-order valence-electron chi connectivity index (χ3n) is 4.22. The molecule has 1 aliphatic heterocycles. The molecule has 0 atom stereocenters. The van der Waals surface area contributed by atoms with Crippen LogP contribution in [0.15, 0.2) is 43.3 Å². The van der Waals surface area contributed by atoms with Crippen LogP contribution in [0.2, 0.25) is 0 Å². The first-order valence-corrected chi connectivity index (χ1v) is 11.1. The van der Waals surface area contributed by atoms with Crippen molar-refractivity contribution >= 4 is 48.9 Å². The van der Waals surface area contributed by atoms with E-state index in [2.05, 4.69) is 15.9 Å². The molecule has 150 valence electrons. The lowest BCUT2D eigenvalue weighted by atomic mass is 10.3. The number of thiophene rings is 1. The Morgan fingerprint density at radius 2 is 1.86 bits per heavy atom. The third kappa shape index (κ3) is 4.32. The van der Waals surface area contributed by atoms with Crippen molar-refractivity contribution < 1.29 is 18.1 Å². The molecular formula is C15H15BrN4O6S2. The van der Waals surface area contributed by atoms with Gasteiger partial charge in [0.15, 0.2) is 0 Å². The Balaban J connectivity index is 1.65. The maximum atomic E-state index is 12.6. The van der Waals surface area contributed by atoms with Gasteiger partial charge in [-0.25, -0.2) is 8.42 Å². The van der Waals surface area contributed by atoms with Gasteiger partial charge in [0.25, 0.3) is 21.3 Å². The zero-order valence-corrected chi connectivity index (χ0v) is 17.6. The molecule has 1 saturated heterocycles. The molecule has 10 nitrogen and oxygen atoms in total. The normalized spacial score (nSPS) is 15.5. The van der Waals surface area contributed by atoms with Crippen LogP contribution < -0.4 is 5.56 Å². The van der Waals surface area contributed by atoms with Gasteiger partial charge in [-0.05, 0) is 28.1 Å². The van der Waals surface area contributed by atoms with Crippen molar-refractivity contribution in [3.05, 3.63) is 54.7 Å². The van der Waals surface area contributed by atoms with E-state index in [0.29, 0.717) is 3.79 Å². The second-order valence-electron chi connectivity index (χ2n) is 5.95. The summed E-state index contributed by atoms with van der Waals surface area (Å²) >= 11 is 4.36. The van der Waals surface area contributed by atoms with Crippen molar-refractivity contribution in [2.24, 2.45) is 0 Å². The Labute approximate surface area is 172 Å². The summed E-state index contributed by atoms with van der Waals surface area (Å²) in [6.07, 6.45) is 1.02. The van der Waals surface area contributed by atoms with Crippen LogP contribution in [0.25, 0.3) is 0 Å². The van der Waals surface area contributed by atoms with E-state index in [1.807, 2.05) is 0 Å². The van der Waals surface area contributed by atoms with Gasteiger partial charge < -0.3 is 4.90 Å². The van der Waals surface area contributed by atoms with Crippen molar-refractivity contribution in [1.82, 2.24) is 13.8 Å². The fourth-order valence-corrected chi connectivity index (χ4v) is 6.32. The van der Waals surface area contributed by atoms with Crippen LogP contribution in [-0.2, 0) is 21.4 Å². The number of rotatable bonds is 5. The van der Waals surface area contributed by atoms with Crippen molar-refractivity contribution in [3.8, 4) is 0 Å². The van der Waals surface area contributed by atoms with Crippen LogP contribution in [0, 0.1) is 10.1 Å². The highest BCUT2D eigenvalue weighted by molar-refractivity contribution is 9.11. The predicted octanol–water partition coefficient (Wildman–Crippen LogP) is 1.11. The third-order valence-corrected chi connectivity index (χ3v) is 8.21. The van der Waals surface area contributed by atoms with Gasteiger partial charge in [-0.15, -0.1) is 11.3 Å². The standard InChI is InChI=1S/C15H15BrN4O6S2/c16-12-2-4-15(27-12)28(25,26)19-7-5-17(6-8-19)14(22)10-18-9-11(20(23)24)1-3-13(18)21/h1-4,9H,5-8,10H2. The van der Waals surface area contributed by atoms with Gasteiger partial charge in [-0.1, -0.05) is 0 Å². The largest absolute Gasteiger partial charge is 0.339 e. The van der Waals surface area contributed by atoms with Crippen molar-refractivity contribution in [3.63, 3.8) is 0 Å². The molecule has 0 spiro atoms. The van der Waals surface area contributed by atoms with Crippen LogP contribution in [0.4, 0.5) is 5.69 Å². The highest BCUT2D eigenvalue weighted by Gasteiger charge is 2.31. The van der Waals surface area contributed by atoms with Gasteiger partial charge in [0.2, 0.25) is 5.91 Å². The molecule has 0 saturated carbocycles. The zero-order chi connectivity index (χ0) is 20.5. The van der Waals surface area contributed by atoms with E-state index in [1.54, 1.807) is 6.07 Å². The van der Waals surface area contributed by atoms with E-state index in [0.717, 1.165) is 34.2 Å². The number of nitro groups is 1. The monoisotopic (exact) mass is 490 g/mol. The number of hydrogen-bond donors (Lipinski definition) is 0. The van der Waals surface area contributed by atoms with E-state index in [9.17, 15) is 28.1 Å². The minimum absolute atomic E-state index is 0.132. The van der Waals surface area contributed by atoms with E-state index in [1.165, 1.54) is 15.3 Å². The number of sulfonamides is 1. The average molecular weight is 491 g/mol. The van der Waals surface area contributed by atoms with Crippen molar-refractivity contribution in [2.75, 3.05) is 26.2 Å². The number of nitrogens with zero attached hydrogens (tertiary/aromatic N) is 4. The van der Waals surface area contributed by atoms with Gasteiger partial charge >= 0.3 is 0 Å². The molecule has 0 aliphatic carbocycles. The molecule has 0 bridgehead atoms. The molecule has 28 heavy (non-hydrogen) atoms. The van der Waals surface area contributed by atoms with E-state index in [4.69, 9.17) is 0 Å². The number of hydrogen-bond acceptors (Lipinski definition) is 7. The molecular weight excluding hydrogens is 476 g/mol. The Kier molecular flexibility index (Phi) is 5.98. The lowest BCUT2D eigenvalue weighted by molar-refractivity contribution is -0.385. The van der Waals surface area contributed by atoms with Gasteiger partial charge in [-0.2, -0.15) is 4.31 Å². The quantitative estimate of drug-likeness (QED) is 0.456. The lowest BCUT2D eigenvalue weighted by Gasteiger charge is -2.33. The molecule has 0 N–H and O–H groups in total. The zero-order valence-electron chi connectivity index (χ0n) is 14.4. The van der Waals surface area contributed by atoms with Gasteiger partial charge in [0.1, 0.15) is 10.8 Å². The van der Waals surface area contributed by atoms with Crippen LogP contribution in [-0.4, -0.2) is 59.2 Å². The minimum atomic E-state index is -3.62. The number of carbonyl (C=O) groups is 1. The molecule has 0 aromatic carbocycles. The molecule has 2 aromatic heterocycles. The molecule has 0 unspecified atom stereocenters. The molecule has 1 fully saturated rings. The topological polar surface area (TPSA) is 123 Å². The summed E-state index contributed by atoms with van der Waals surface area (Å²) in [6, 6.07) is 5.30. The first kappa shape index (κ1) is 20.6. The van der Waals surface area contributed by atoms with E-state index in [-0.39, 0.29) is 42.6 Å². The average Bonchev–Trinajstić information content (AvgIpc) is 3.10. The van der Waals surface area contributed by atoms with Gasteiger partial charge in [-0.3, -0.25) is 24.3 Å². The maximum Gasteiger partial charge on any atom is 0.285 e.